The zero-order chi connectivity index (χ0) is 30.0. The number of nitrogens with two attached hydrogens (primary N) is 1. The molecule has 0 radical (unpaired) electrons. The number of ether oxygens (including phenoxy) is 2. The Hall–Kier alpha value is -4.67. The normalized spacial score (nSPS) is 15.5. The molecule has 42 heavy (non-hydrogen) atoms. The van der Waals surface area contributed by atoms with Crippen molar-refractivity contribution in [3.05, 3.63) is 65.5 Å². The van der Waals surface area contributed by atoms with E-state index in [0.717, 1.165) is 29.5 Å². The number of likely N-dealkylation sites (tertiary alicyclic amines) is 1. The van der Waals surface area contributed by atoms with Crippen molar-refractivity contribution in [3.63, 3.8) is 0 Å². The molecule has 220 valence electrons. The van der Waals surface area contributed by atoms with Gasteiger partial charge in [-0.15, -0.1) is 0 Å². The number of nitrogen functional groups attached to an aromatic ring is 1. The molecule has 11 heteroatoms. The van der Waals surface area contributed by atoms with Crippen LogP contribution in [0.5, 0.6) is 5.75 Å². The molecule has 0 aliphatic carbocycles. The number of rotatable bonds is 6. The van der Waals surface area contributed by atoms with Crippen molar-refractivity contribution >= 4 is 28.9 Å². The molecule has 2 aromatic heterocycles. The number of aromatic nitrogens is 4. The summed E-state index contributed by atoms with van der Waals surface area (Å²) in [5.74, 6) is 0.667. The zero-order valence-corrected chi connectivity index (χ0v) is 24.7. The molecule has 2 amide bonds. The lowest BCUT2D eigenvalue weighted by Crippen LogP contribution is -2.43. The highest BCUT2D eigenvalue weighted by atomic mass is 16.6. The second kappa shape index (κ2) is 11.7. The van der Waals surface area contributed by atoms with Crippen molar-refractivity contribution in [2.24, 2.45) is 0 Å². The van der Waals surface area contributed by atoms with E-state index >= 15 is 0 Å². The Kier molecular flexibility index (Phi) is 8.02. The van der Waals surface area contributed by atoms with Crippen LogP contribution >= 0.6 is 0 Å². The summed E-state index contributed by atoms with van der Waals surface area (Å²) >= 11 is 0. The van der Waals surface area contributed by atoms with E-state index in [1.54, 1.807) is 18.1 Å². The molecule has 0 spiro atoms. The highest BCUT2D eigenvalue weighted by Crippen LogP contribution is 2.34. The number of hydrogen-bond acceptors (Lipinski definition) is 8. The molecule has 3 N–H and O–H groups in total. The van der Waals surface area contributed by atoms with Crippen LogP contribution in [0.1, 0.15) is 61.1 Å². The Morgan fingerprint density at radius 2 is 1.88 bits per heavy atom. The standard InChI is InChI=1S/C31H37N7O4/c1-19-8-13-23(24(15-19)41-5)29(39)33-16-20-9-11-21(12-10-20)26-25-27(32)34-18-35-28(25)38(36-26)22-7-6-14-37(17-22)30(40)42-31(2,3)4/h8-13,15,18,22H,6-7,14,16-17H2,1-5H3,(H,33,39)(H2,32,34,35)/t22-/m1/s1. The van der Waals surface area contributed by atoms with Crippen molar-refractivity contribution in [1.29, 1.82) is 0 Å². The van der Waals surface area contributed by atoms with E-state index in [-0.39, 0.29) is 18.0 Å². The molecule has 5 rings (SSSR count). The van der Waals surface area contributed by atoms with Gasteiger partial charge in [-0.05, 0) is 63.8 Å². The topological polar surface area (TPSA) is 137 Å². The van der Waals surface area contributed by atoms with Gasteiger partial charge in [0.05, 0.1) is 24.1 Å². The van der Waals surface area contributed by atoms with Gasteiger partial charge in [0.1, 0.15) is 29.2 Å². The third kappa shape index (κ3) is 6.14. The Labute approximate surface area is 245 Å². The maximum atomic E-state index is 12.8. The molecule has 1 aliphatic rings. The lowest BCUT2D eigenvalue weighted by Gasteiger charge is -2.34. The highest BCUT2D eigenvalue weighted by Gasteiger charge is 2.31. The van der Waals surface area contributed by atoms with Gasteiger partial charge >= 0.3 is 6.09 Å². The maximum Gasteiger partial charge on any atom is 0.410 e. The van der Waals surface area contributed by atoms with E-state index in [0.29, 0.717) is 53.5 Å². The van der Waals surface area contributed by atoms with Gasteiger partial charge < -0.3 is 25.4 Å². The molecular formula is C31H37N7O4. The summed E-state index contributed by atoms with van der Waals surface area (Å²) < 4.78 is 12.8. The average molecular weight is 572 g/mol. The van der Waals surface area contributed by atoms with Crippen molar-refractivity contribution in [3.8, 4) is 17.0 Å². The molecule has 0 saturated carbocycles. The second-order valence-electron chi connectivity index (χ2n) is 11.6. The first-order valence-corrected chi connectivity index (χ1v) is 14.0. The smallest absolute Gasteiger partial charge is 0.410 e. The molecule has 3 heterocycles. The molecular weight excluding hydrogens is 534 g/mol. The Balaban J connectivity index is 1.36. The summed E-state index contributed by atoms with van der Waals surface area (Å²) in [6, 6.07) is 13.2. The third-order valence-electron chi connectivity index (χ3n) is 7.19. The van der Waals surface area contributed by atoms with E-state index in [1.807, 2.05) is 68.8 Å². The quantitative estimate of drug-likeness (QED) is 0.334. The fourth-order valence-electron chi connectivity index (χ4n) is 5.14. The van der Waals surface area contributed by atoms with Gasteiger partial charge in [0, 0.05) is 25.2 Å². The van der Waals surface area contributed by atoms with Crippen LogP contribution in [0.3, 0.4) is 0 Å². The minimum atomic E-state index is -0.570. The largest absolute Gasteiger partial charge is 0.496 e. The van der Waals surface area contributed by atoms with E-state index in [2.05, 4.69) is 15.3 Å². The molecule has 1 fully saturated rings. The summed E-state index contributed by atoms with van der Waals surface area (Å²) in [5, 5.41) is 8.58. The number of hydrogen-bond donors (Lipinski definition) is 2. The number of aryl methyl sites for hydroxylation is 1. The Morgan fingerprint density at radius 3 is 2.60 bits per heavy atom. The van der Waals surface area contributed by atoms with Crippen molar-refractivity contribution in [2.45, 2.75) is 58.7 Å². The van der Waals surface area contributed by atoms with Crippen molar-refractivity contribution in [1.82, 2.24) is 30.0 Å². The predicted octanol–water partition coefficient (Wildman–Crippen LogP) is 4.89. The van der Waals surface area contributed by atoms with Gasteiger partial charge in [0.15, 0.2) is 5.65 Å². The summed E-state index contributed by atoms with van der Waals surface area (Å²) in [7, 11) is 1.55. The molecule has 11 nitrogen and oxygen atoms in total. The monoisotopic (exact) mass is 571 g/mol. The number of carbonyl (C=O) groups is 2. The van der Waals surface area contributed by atoms with E-state index < -0.39 is 5.60 Å². The van der Waals surface area contributed by atoms with Crippen LogP contribution < -0.4 is 15.8 Å². The number of piperidine rings is 1. The van der Waals surface area contributed by atoms with Crippen LogP contribution in [0.4, 0.5) is 10.6 Å². The number of carbonyl (C=O) groups excluding carboxylic acids is 2. The minimum Gasteiger partial charge on any atom is -0.496 e. The number of benzene rings is 2. The first-order valence-electron chi connectivity index (χ1n) is 14.0. The van der Waals surface area contributed by atoms with Gasteiger partial charge in [0.25, 0.3) is 5.91 Å². The number of amides is 2. The first kappa shape index (κ1) is 28.8. The molecule has 2 aromatic carbocycles. The lowest BCUT2D eigenvalue weighted by molar-refractivity contribution is 0.0169. The van der Waals surface area contributed by atoms with E-state index in [1.165, 1.54) is 6.33 Å². The van der Waals surface area contributed by atoms with Crippen LogP contribution in [0.15, 0.2) is 48.8 Å². The van der Waals surface area contributed by atoms with Crippen LogP contribution in [0.25, 0.3) is 22.3 Å². The van der Waals surface area contributed by atoms with Crippen LogP contribution in [-0.2, 0) is 11.3 Å². The summed E-state index contributed by atoms with van der Waals surface area (Å²) in [6.07, 6.45) is 2.75. The molecule has 1 aliphatic heterocycles. The summed E-state index contributed by atoms with van der Waals surface area (Å²) in [5.41, 5.74) is 10.3. The average Bonchev–Trinajstić information content (AvgIpc) is 3.36. The third-order valence-corrected chi connectivity index (χ3v) is 7.19. The number of fused-ring (bicyclic) bond motifs is 1. The van der Waals surface area contributed by atoms with E-state index in [9.17, 15) is 9.59 Å². The van der Waals surface area contributed by atoms with Gasteiger partial charge in [-0.1, -0.05) is 30.3 Å². The second-order valence-corrected chi connectivity index (χ2v) is 11.6. The first-order chi connectivity index (χ1) is 20.0. The fourth-order valence-corrected chi connectivity index (χ4v) is 5.14. The zero-order valence-electron chi connectivity index (χ0n) is 24.7. The molecule has 1 atom stereocenters. The van der Waals surface area contributed by atoms with Crippen LogP contribution in [0.2, 0.25) is 0 Å². The number of nitrogens with zero attached hydrogens (tertiary/aromatic N) is 5. The minimum absolute atomic E-state index is 0.0925. The summed E-state index contributed by atoms with van der Waals surface area (Å²) in [4.78, 5) is 36.1. The lowest BCUT2D eigenvalue weighted by atomic mass is 10.1. The summed E-state index contributed by atoms with van der Waals surface area (Å²) in [6.45, 7) is 8.96. The number of methoxy groups -OCH3 is 1. The fraction of sp³-hybridized carbons (Fsp3) is 0.387. The van der Waals surface area contributed by atoms with E-state index in [4.69, 9.17) is 20.3 Å². The Morgan fingerprint density at radius 1 is 1.12 bits per heavy atom. The maximum absolute atomic E-state index is 12.8. The van der Waals surface area contributed by atoms with Crippen LogP contribution in [0, 0.1) is 6.92 Å². The Bertz CT molecular complexity index is 1610. The van der Waals surface area contributed by atoms with Gasteiger partial charge in [-0.25, -0.2) is 19.4 Å². The number of anilines is 1. The van der Waals surface area contributed by atoms with Crippen molar-refractivity contribution < 1.29 is 19.1 Å². The predicted molar refractivity (Wildman–Crippen MR) is 160 cm³/mol. The SMILES string of the molecule is COc1cc(C)ccc1C(=O)NCc1ccc(-c2nn([C@@H]3CCCN(C(=O)OC(C)(C)C)C3)c3ncnc(N)c23)cc1. The van der Waals surface area contributed by atoms with Gasteiger partial charge in [0.2, 0.25) is 0 Å². The molecule has 0 unspecified atom stereocenters. The van der Waals surface area contributed by atoms with Crippen molar-refractivity contribution in [2.75, 3.05) is 25.9 Å². The molecule has 4 aromatic rings. The highest BCUT2D eigenvalue weighted by molar-refractivity contribution is 5.98. The van der Waals surface area contributed by atoms with Gasteiger partial charge in [-0.3, -0.25) is 4.79 Å². The molecule has 1 saturated heterocycles. The van der Waals surface area contributed by atoms with Gasteiger partial charge in [-0.2, -0.15) is 5.10 Å². The molecule has 0 bridgehead atoms. The van der Waals surface area contributed by atoms with Crippen LogP contribution in [-0.4, -0.2) is 62.4 Å². The number of nitrogens with one attached hydrogen (secondary N) is 1.